The molecule has 4 rings (SSSR count). The van der Waals surface area contributed by atoms with E-state index in [-0.39, 0.29) is 24.0 Å². The minimum absolute atomic E-state index is 0. The van der Waals surface area contributed by atoms with E-state index in [0.29, 0.717) is 12.6 Å². The molecule has 2 aromatic heterocycles. The van der Waals surface area contributed by atoms with E-state index in [2.05, 4.69) is 79.4 Å². The molecule has 6 nitrogen and oxygen atoms in total. The lowest BCUT2D eigenvalue weighted by Crippen LogP contribution is -2.51. The smallest absolute Gasteiger partial charge is 0.191 e. The van der Waals surface area contributed by atoms with Gasteiger partial charge in [-0.2, -0.15) is 0 Å². The van der Waals surface area contributed by atoms with Gasteiger partial charge in [-0.25, -0.2) is 4.98 Å². The van der Waals surface area contributed by atoms with Gasteiger partial charge in [-0.3, -0.25) is 4.99 Å². The molecule has 3 aromatic rings. The number of aryl methyl sites for hydroxylation is 1. The van der Waals surface area contributed by atoms with E-state index in [4.69, 9.17) is 0 Å². The number of aromatic nitrogens is 2. The molecule has 1 atom stereocenters. The van der Waals surface area contributed by atoms with Crippen molar-refractivity contribution in [1.29, 1.82) is 0 Å². The van der Waals surface area contributed by atoms with Crippen LogP contribution in [-0.2, 0) is 6.54 Å². The largest absolute Gasteiger partial charge is 0.369 e. The summed E-state index contributed by atoms with van der Waals surface area (Å²) < 4.78 is 2.12. The van der Waals surface area contributed by atoms with Crippen molar-refractivity contribution in [1.82, 2.24) is 20.0 Å². The topological polar surface area (TPSA) is 57.0 Å². The molecule has 0 radical (unpaired) electrons. The van der Waals surface area contributed by atoms with Gasteiger partial charge in [-0.15, -0.1) is 24.0 Å². The first-order valence-electron chi connectivity index (χ1n) is 9.94. The second-order valence-corrected chi connectivity index (χ2v) is 7.32. The number of hydrogen-bond acceptors (Lipinski definition) is 3. The normalized spacial score (nSPS) is 17.1. The van der Waals surface area contributed by atoms with Gasteiger partial charge in [-0.1, -0.05) is 24.3 Å². The fourth-order valence-corrected chi connectivity index (χ4v) is 3.81. The van der Waals surface area contributed by atoms with Crippen LogP contribution in [0.4, 0.5) is 5.69 Å². The van der Waals surface area contributed by atoms with Gasteiger partial charge >= 0.3 is 0 Å². The van der Waals surface area contributed by atoms with E-state index in [9.17, 15) is 0 Å². The summed E-state index contributed by atoms with van der Waals surface area (Å²) in [5, 5.41) is 7.00. The Balaban J connectivity index is 0.00000240. The standard InChI is InChI=1S/C22H28N6.HI/c1-17-8-6-12-21-25-19(16-28(17)21)14-24-22(23-2)26-18-9-7-13-27(15-18)20-10-4-3-5-11-20;/h3-6,8,10-12,16,18H,7,9,13-15H2,1-2H3,(H2,23,24,26);1H. The Kier molecular flexibility index (Phi) is 7.35. The first-order valence-corrected chi connectivity index (χ1v) is 9.94. The molecule has 0 amide bonds. The molecule has 2 N–H and O–H groups in total. The molecule has 0 saturated carbocycles. The van der Waals surface area contributed by atoms with Crippen molar-refractivity contribution in [2.24, 2.45) is 4.99 Å². The van der Waals surface area contributed by atoms with E-state index < -0.39 is 0 Å². The van der Waals surface area contributed by atoms with Gasteiger partial charge in [0.2, 0.25) is 0 Å². The number of rotatable bonds is 4. The lowest BCUT2D eigenvalue weighted by Gasteiger charge is -2.35. The highest BCUT2D eigenvalue weighted by Gasteiger charge is 2.21. The molecular weight excluding hydrogens is 475 g/mol. The SMILES string of the molecule is CN=C(NCc1cn2c(C)cccc2n1)NC1CCCN(c2ccccc2)C1.I. The van der Waals surface area contributed by atoms with Crippen LogP contribution in [0.1, 0.15) is 24.2 Å². The number of imidazole rings is 1. The molecule has 1 aromatic carbocycles. The van der Waals surface area contributed by atoms with Crippen LogP contribution in [0.5, 0.6) is 0 Å². The predicted molar refractivity (Wildman–Crippen MR) is 130 cm³/mol. The van der Waals surface area contributed by atoms with Crippen molar-refractivity contribution in [2.75, 3.05) is 25.0 Å². The maximum atomic E-state index is 4.69. The average molecular weight is 504 g/mol. The maximum Gasteiger partial charge on any atom is 0.191 e. The number of para-hydroxylation sites is 1. The Labute approximate surface area is 189 Å². The first-order chi connectivity index (χ1) is 13.7. The molecule has 1 aliphatic rings. The third-order valence-electron chi connectivity index (χ3n) is 5.29. The van der Waals surface area contributed by atoms with E-state index in [1.807, 2.05) is 19.2 Å². The average Bonchev–Trinajstić information content (AvgIpc) is 3.16. The Morgan fingerprint density at radius 2 is 2.00 bits per heavy atom. The van der Waals surface area contributed by atoms with Gasteiger partial charge in [0, 0.05) is 43.8 Å². The number of benzene rings is 1. The summed E-state index contributed by atoms with van der Waals surface area (Å²) in [6.45, 7) is 4.83. The highest BCUT2D eigenvalue weighted by atomic mass is 127. The second-order valence-electron chi connectivity index (χ2n) is 7.32. The highest BCUT2D eigenvalue weighted by molar-refractivity contribution is 14.0. The van der Waals surface area contributed by atoms with Gasteiger partial charge in [-0.05, 0) is 44.0 Å². The number of guanidine groups is 1. The molecule has 1 aliphatic heterocycles. The van der Waals surface area contributed by atoms with E-state index in [0.717, 1.165) is 36.8 Å². The van der Waals surface area contributed by atoms with E-state index >= 15 is 0 Å². The number of nitrogens with zero attached hydrogens (tertiary/aromatic N) is 4. The van der Waals surface area contributed by atoms with Crippen LogP contribution in [0.3, 0.4) is 0 Å². The number of halogens is 1. The van der Waals surface area contributed by atoms with Crippen molar-refractivity contribution in [3.63, 3.8) is 0 Å². The second kappa shape index (κ2) is 9.96. The summed E-state index contributed by atoms with van der Waals surface area (Å²) in [7, 11) is 1.82. The van der Waals surface area contributed by atoms with Gasteiger partial charge in [0.25, 0.3) is 0 Å². The van der Waals surface area contributed by atoms with Crippen molar-refractivity contribution < 1.29 is 0 Å². The van der Waals surface area contributed by atoms with Crippen molar-refractivity contribution in [2.45, 2.75) is 32.4 Å². The summed E-state index contributed by atoms with van der Waals surface area (Å²) in [4.78, 5) is 11.5. The summed E-state index contributed by atoms with van der Waals surface area (Å²) >= 11 is 0. The van der Waals surface area contributed by atoms with Crippen LogP contribution in [0.15, 0.2) is 59.7 Å². The Hall–Kier alpha value is -2.29. The van der Waals surface area contributed by atoms with Gasteiger partial charge in [0.1, 0.15) is 5.65 Å². The predicted octanol–water partition coefficient (Wildman–Crippen LogP) is 3.59. The minimum Gasteiger partial charge on any atom is -0.369 e. The van der Waals surface area contributed by atoms with Crippen LogP contribution < -0.4 is 15.5 Å². The molecule has 1 fully saturated rings. The van der Waals surface area contributed by atoms with E-state index in [1.165, 1.54) is 17.8 Å². The molecule has 0 aliphatic carbocycles. The van der Waals surface area contributed by atoms with Gasteiger partial charge in [0.15, 0.2) is 5.96 Å². The Bertz CT molecular complexity index is 952. The molecule has 3 heterocycles. The molecule has 7 heteroatoms. The van der Waals surface area contributed by atoms with Gasteiger partial charge in [0.05, 0.1) is 12.2 Å². The van der Waals surface area contributed by atoms with E-state index in [1.54, 1.807) is 0 Å². The number of aliphatic imine (C=N–C) groups is 1. The van der Waals surface area contributed by atoms with Crippen molar-refractivity contribution in [3.8, 4) is 0 Å². The molecule has 29 heavy (non-hydrogen) atoms. The lowest BCUT2D eigenvalue weighted by atomic mass is 10.1. The molecule has 154 valence electrons. The van der Waals surface area contributed by atoms with Gasteiger partial charge < -0.3 is 19.9 Å². The van der Waals surface area contributed by atoms with Crippen molar-refractivity contribution >= 4 is 41.3 Å². The summed E-state index contributed by atoms with van der Waals surface area (Å²) in [6.07, 6.45) is 4.41. The first kappa shape index (κ1) is 21.4. The third-order valence-corrected chi connectivity index (χ3v) is 5.29. The summed E-state index contributed by atoms with van der Waals surface area (Å²) in [6, 6.07) is 17.2. The third kappa shape index (κ3) is 5.20. The Morgan fingerprint density at radius 3 is 2.76 bits per heavy atom. The Morgan fingerprint density at radius 1 is 1.17 bits per heavy atom. The number of piperidine rings is 1. The molecular formula is C22H29IN6. The summed E-state index contributed by atoms with van der Waals surface area (Å²) in [5.74, 6) is 0.827. The van der Waals surface area contributed by atoms with Crippen LogP contribution in [0.2, 0.25) is 0 Å². The zero-order valence-corrected chi connectivity index (χ0v) is 19.3. The van der Waals surface area contributed by atoms with Crippen molar-refractivity contribution in [3.05, 3.63) is 66.1 Å². The fourth-order valence-electron chi connectivity index (χ4n) is 3.81. The molecule has 1 unspecified atom stereocenters. The zero-order chi connectivity index (χ0) is 19.3. The van der Waals surface area contributed by atoms with Crippen LogP contribution in [0.25, 0.3) is 5.65 Å². The quantitative estimate of drug-likeness (QED) is 0.324. The number of pyridine rings is 1. The van der Waals surface area contributed by atoms with Crippen LogP contribution in [-0.4, -0.2) is 41.5 Å². The van der Waals surface area contributed by atoms with Crippen LogP contribution >= 0.6 is 24.0 Å². The fraction of sp³-hybridized carbons (Fsp3) is 0.364. The number of hydrogen-bond donors (Lipinski definition) is 2. The molecule has 0 bridgehead atoms. The highest BCUT2D eigenvalue weighted by Crippen LogP contribution is 2.19. The maximum absolute atomic E-state index is 4.69. The lowest BCUT2D eigenvalue weighted by molar-refractivity contribution is 0.468. The number of fused-ring (bicyclic) bond motifs is 1. The number of nitrogens with one attached hydrogen (secondary N) is 2. The zero-order valence-electron chi connectivity index (χ0n) is 17.0. The minimum atomic E-state index is 0. The molecule has 0 spiro atoms. The number of anilines is 1. The monoisotopic (exact) mass is 504 g/mol. The summed E-state index contributed by atoms with van der Waals surface area (Å²) in [5.41, 5.74) is 4.45. The molecule has 1 saturated heterocycles. The van der Waals surface area contributed by atoms with Crippen LogP contribution in [0, 0.1) is 6.92 Å².